The number of furan rings is 1. The number of piperazine rings is 1. The molecule has 0 unspecified atom stereocenters. The third kappa shape index (κ3) is 3.26. The van der Waals surface area contributed by atoms with Crippen molar-refractivity contribution in [1.29, 1.82) is 0 Å². The fraction of sp³-hybridized carbons (Fsp3) is 0.278. The zero-order valence-corrected chi connectivity index (χ0v) is 14.1. The summed E-state index contributed by atoms with van der Waals surface area (Å²) in [5, 5.41) is 4.07. The Bertz CT molecular complexity index is 922. The van der Waals surface area contributed by atoms with Crippen LogP contribution in [0.15, 0.2) is 62.6 Å². The zero-order chi connectivity index (χ0) is 17.9. The minimum atomic E-state index is -0.655. The molecule has 1 amide bonds. The molecule has 0 N–H and O–H groups in total. The molecule has 0 aliphatic carbocycles. The normalized spacial score (nSPS) is 14.6. The molecule has 1 aliphatic heterocycles. The van der Waals surface area contributed by atoms with Crippen LogP contribution >= 0.6 is 0 Å². The molecule has 0 spiro atoms. The van der Waals surface area contributed by atoms with Crippen molar-refractivity contribution in [3.63, 3.8) is 0 Å². The first-order valence-electron chi connectivity index (χ1n) is 8.39. The molecule has 0 atom stereocenters. The standard InChI is InChI=1S/C18H18N4O4/c23-16(12-22-18(24)26-17(19-22)14-6-11-25-13-14)21-9-7-20(8-10-21)15-4-2-1-3-5-15/h1-6,11,13H,7-10,12H2. The monoisotopic (exact) mass is 354 g/mol. The van der Waals surface area contributed by atoms with Gasteiger partial charge in [-0.15, -0.1) is 5.10 Å². The highest BCUT2D eigenvalue weighted by atomic mass is 16.4. The first-order chi connectivity index (χ1) is 12.7. The van der Waals surface area contributed by atoms with Crippen molar-refractivity contribution in [2.24, 2.45) is 0 Å². The molecule has 134 valence electrons. The van der Waals surface area contributed by atoms with Gasteiger partial charge in [0, 0.05) is 31.9 Å². The lowest BCUT2D eigenvalue weighted by Crippen LogP contribution is -2.50. The van der Waals surface area contributed by atoms with Gasteiger partial charge in [0.15, 0.2) is 0 Å². The number of carbonyl (C=O) groups is 1. The number of anilines is 1. The number of carbonyl (C=O) groups excluding carboxylic acids is 1. The van der Waals surface area contributed by atoms with Gasteiger partial charge in [-0.1, -0.05) is 18.2 Å². The Labute approximate surface area is 149 Å². The molecule has 0 saturated carbocycles. The van der Waals surface area contributed by atoms with Crippen LogP contribution in [-0.2, 0) is 11.3 Å². The van der Waals surface area contributed by atoms with Crippen LogP contribution in [0.2, 0.25) is 0 Å². The molecule has 1 aliphatic rings. The van der Waals surface area contributed by atoms with Crippen LogP contribution in [0.25, 0.3) is 11.5 Å². The number of benzene rings is 1. The second-order valence-corrected chi connectivity index (χ2v) is 6.05. The molecule has 1 saturated heterocycles. The van der Waals surface area contributed by atoms with E-state index in [1.165, 1.54) is 12.5 Å². The maximum absolute atomic E-state index is 12.5. The molecular weight excluding hydrogens is 336 g/mol. The molecule has 2 aromatic heterocycles. The summed E-state index contributed by atoms with van der Waals surface area (Å²) in [6.45, 7) is 2.59. The molecule has 4 rings (SSSR count). The highest BCUT2D eigenvalue weighted by Gasteiger charge is 2.23. The summed E-state index contributed by atoms with van der Waals surface area (Å²) in [6.07, 6.45) is 2.89. The van der Waals surface area contributed by atoms with Crippen LogP contribution in [0, 0.1) is 0 Å². The van der Waals surface area contributed by atoms with Gasteiger partial charge >= 0.3 is 5.76 Å². The molecule has 8 heteroatoms. The van der Waals surface area contributed by atoms with Gasteiger partial charge in [-0.25, -0.2) is 4.79 Å². The number of hydrogen-bond acceptors (Lipinski definition) is 6. The fourth-order valence-corrected chi connectivity index (χ4v) is 2.99. The third-order valence-corrected chi connectivity index (χ3v) is 4.41. The van der Waals surface area contributed by atoms with E-state index in [1.807, 2.05) is 18.2 Å². The van der Waals surface area contributed by atoms with Gasteiger partial charge in [-0.2, -0.15) is 4.68 Å². The molecule has 1 aromatic carbocycles. The number of rotatable bonds is 4. The van der Waals surface area contributed by atoms with Gasteiger partial charge in [-0.05, 0) is 18.2 Å². The van der Waals surface area contributed by atoms with E-state index >= 15 is 0 Å². The Morgan fingerprint density at radius 2 is 1.85 bits per heavy atom. The van der Waals surface area contributed by atoms with Gasteiger partial charge in [0.25, 0.3) is 5.89 Å². The number of hydrogen-bond donors (Lipinski definition) is 0. The van der Waals surface area contributed by atoms with Crippen molar-refractivity contribution in [2.75, 3.05) is 31.1 Å². The van der Waals surface area contributed by atoms with Crippen LogP contribution in [0.4, 0.5) is 5.69 Å². The summed E-state index contributed by atoms with van der Waals surface area (Å²) in [5.41, 5.74) is 1.71. The van der Waals surface area contributed by atoms with Crippen LogP contribution in [0.3, 0.4) is 0 Å². The Balaban J connectivity index is 1.38. The van der Waals surface area contributed by atoms with E-state index in [9.17, 15) is 9.59 Å². The Morgan fingerprint density at radius 3 is 2.54 bits per heavy atom. The Kier molecular flexibility index (Phi) is 4.30. The van der Waals surface area contributed by atoms with Crippen molar-refractivity contribution >= 4 is 11.6 Å². The van der Waals surface area contributed by atoms with Gasteiger partial charge in [0.05, 0.1) is 11.8 Å². The summed E-state index contributed by atoms with van der Waals surface area (Å²) >= 11 is 0. The highest BCUT2D eigenvalue weighted by Crippen LogP contribution is 2.17. The fourth-order valence-electron chi connectivity index (χ4n) is 2.99. The molecule has 3 heterocycles. The van der Waals surface area contributed by atoms with Crippen LogP contribution in [-0.4, -0.2) is 46.8 Å². The van der Waals surface area contributed by atoms with E-state index in [-0.39, 0.29) is 18.3 Å². The molecule has 0 bridgehead atoms. The van der Waals surface area contributed by atoms with Crippen molar-refractivity contribution in [3.05, 3.63) is 59.5 Å². The largest absolute Gasteiger partial charge is 0.472 e. The quantitative estimate of drug-likeness (QED) is 0.705. The molecule has 26 heavy (non-hydrogen) atoms. The molecular formula is C18H18N4O4. The first kappa shape index (κ1) is 16.2. The minimum absolute atomic E-state index is 0.133. The lowest BCUT2D eigenvalue weighted by molar-refractivity contribution is -0.132. The summed E-state index contributed by atoms with van der Waals surface area (Å²) in [4.78, 5) is 28.4. The topological polar surface area (TPSA) is 84.7 Å². The van der Waals surface area contributed by atoms with E-state index in [2.05, 4.69) is 22.1 Å². The highest BCUT2D eigenvalue weighted by molar-refractivity contribution is 5.76. The van der Waals surface area contributed by atoms with Crippen molar-refractivity contribution < 1.29 is 13.6 Å². The Morgan fingerprint density at radius 1 is 1.08 bits per heavy atom. The second-order valence-electron chi connectivity index (χ2n) is 6.05. The Hall–Kier alpha value is -3.29. The van der Waals surface area contributed by atoms with Gasteiger partial charge in [0.1, 0.15) is 12.8 Å². The molecule has 3 aromatic rings. The lowest BCUT2D eigenvalue weighted by Gasteiger charge is -2.36. The summed E-state index contributed by atoms with van der Waals surface area (Å²) in [6, 6.07) is 11.7. The minimum Gasteiger partial charge on any atom is -0.472 e. The number of amides is 1. The van der Waals surface area contributed by atoms with Crippen molar-refractivity contribution in [3.8, 4) is 11.5 Å². The van der Waals surface area contributed by atoms with E-state index in [4.69, 9.17) is 8.83 Å². The number of para-hydroxylation sites is 1. The predicted molar refractivity (Wildman–Crippen MR) is 93.7 cm³/mol. The second kappa shape index (κ2) is 6.91. The maximum atomic E-state index is 12.5. The molecule has 8 nitrogen and oxygen atoms in total. The smallest absolute Gasteiger partial charge is 0.437 e. The average molecular weight is 354 g/mol. The van der Waals surface area contributed by atoms with Gasteiger partial charge < -0.3 is 18.6 Å². The summed E-state index contributed by atoms with van der Waals surface area (Å²) in [5.74, 6) is -0.658. The number of aromatic nitrogens is 2. The SMILES string of the molecule is O=C(Cn1nc(-c2ccoc2)oc1=O)N1CCN(c2ccccc2)CC1. The predicted octanol–water partition coefficient (Wildman–Crippen LogP) is 1.45. The lowest BCUT2D eigenvalue weighted by atomic mass is 10.2. The van der Waals surface area contributed by atoms with E-state index in [1.54, 1.807) is 11.0 Å². The van der Waals surface area contributed by atoms with Crippen molar-refractivity contribution in [1.82, 2.24) is 14.7 Å². The zero-order valence-electron chi connectivity index (χ0n) is 14.1. The van der Waals surface area contributed by atoms with Crippen LogP contribution < -0.4 is 10.7 Å². The molecule has 1 fully saturated rings. The summed E-state index contributed by atoms with van der Waals surface area (Å²) in [7, 11) is 0. The van der Waals surface area contributed by atoms with Crippen LogP contribution in [0.1, 0.15) is 0 Å². The van der Waals surface area contributed by atoms with Crippen molar-refractivity contribution in [2.45, 2.75) is 6.54 Å². The van der Waals surface area contributed by atoms with Gasteiger partial charge in [0.2, 0.25) is 5.91 Å². The maximum Gasteiger partial charge on any atom is 0.437 e. The average Bonchev–Trinajstić information content (AvgIpc) is 3.33. The van der Waals surface area contributed by atoms with E-state index in [0.717, 1.165) is 23.5 Å². The first-order valence-corrected chi connectivity index (χ1v) is 8.39. The summed E-state index contributed by atoms with van der Waals surface area (Å²) < 4.78 is 11.1. The third-order valence-electron chi connectivity index (χ3n) is 4.41. The van der Waals surface area contributed by atoms with Gasteiger partial charge in [-0.3, -0.25) is 4.79 Å². The number of nitrogens with zero attached hydrogens (tertiary/aromatic N) is 4. The van der Waals surface area contributed by atoms with E-state index < -0.39 is 5.76 Å². The molecule has 0 radical (unpaired) electrons. The van der Waals surface area contributed by atoms with E-state index in [0.29, 0.717) is 18.7 Å². The van der Waals surface area contributed by atoms with Crippen LogP contribution in [0.5, 0.6) is 0 Å².